The molecule has 1 aliphatic carbocycles. The standard InChI is InChI=1S/C16H24N2O10P2.C2H6.CH4O/c1-8-7-18(16(20)17-14(8)19)15-13(26-5-4-25-2)12(28-30(3,23)24)11(27-15)9-6-10(9)29(21)22;2*1-2/h7,9-13,15H,4-6H2,1-3H3,(H2-,17,19,20,21,22,23,24);1-2H3;2H,1H3/p+1. The van der Waals surface area contributed by atoms with Gasteiger partial charge in [0.2, 0.25) is 0 Å². The first-order valence-corrected chi connectivity index (χ1v) is 14.0. The van der Waals surface area contributed by atoms with Crippen molar-refractivity contribution in [1.82, 2.24) is 9.55 Å². The summed E-state index contributed by atoms with van der Waals surface area (Å²) < 4.78 is 46.8. The Morgan fingerprint density at radius 2 is 1.88 bits per heavy atom. The third kappa shape index (κ3) is 7.87. The van der Waals surface area contributed by atoms with Crippen LogP contribution in [0.25, 0.3) is 0 Å². The van der Waals surface area contributed by atoms with E-state index in [-0.39, 0.29) is 18.8 Å². The molecule has 1 saturated carbocycles. The van der Waals surface area contributed by atoms with E-state index in [1.807, 2.05) is 13.8 Å². The monoisotopic (exact) mass is 529 g/mol. The van der Waals surface area contributed by atoms with Crippen molar-refractivity contribution >= 4 is 15.6 Å². The number of hydrogen-bond acceptors (Lipinski definition) is 9. The quantitative estimate of drug-likeness (QED) is 0.261. The van der Waals surface area contributed by atoms with Gasteiger partial charge in [-0.05, 0) is 11.5 Å². The predicted octanol–water partition coefficient (Wildman–Crippen LogP) is 0.732. The van der Waals surface area contributed by atoms with Gasteiger partial charge in [0.25, 0.3) is 5.56 Å². The number of ether oxygens (including phenoxy) is 3. The molecule has 34 heavy (non-hydrogen) atoms. The van der Waals surface area contributed by atoms with Gasteiger partial charge < -0.3 is 24.2 Å². The highest BCUT2D eigenvalue weighted by atomic mass is 31.2. The Morgan fingerprint density at radius 3 is 2.38 bits per heavy atom. The van der Waals surface area contributed by atoms with Crippen molar-refractivity contribution in [2.75, 3.05) is 34.1 Å². The number of H-pyrrole nitrogens is 1. The van der Waals surface area contributed by atoms with E-state index in [9.17, 15) is 28.5 Å². The minimum atomic E-state index is -4.00. The molecule has 8 unspecified atom stereocenters. The maximum absolute atomic E-state index is 12.4. The second-order valence-corrected chi connectivity index (χ2v) is 10.5. The van der Waals surface area contributed by atoms with Gasteiger partial charge in [0.1, 0.15) is 12.2 Å². The Labute approximate surface area is 198 Å². The molecule has 2 aliphatic rings. The number of nitrogens with one attached hydrogen (secondary N) is 1. The van der Waals surface area contributed by atoms with E-state index >= 15 is 0 Å². The molecule has 196 valence electrons. The van der Waals surface area contributed by atoms with Crippen molar-refractivity contribution in [1.29, 1.82) is 0 Å². The van der Waals surface area contributed by atoms with Crippen LogP contribution < -0.4 is 11.2 Å². The number of aromatic nitrogens is 2. The molecule has 1 saturated heterocycles. The van der Waals surface area contributed by atoms with Gasteiger partial charge in [0.05, 0.1) is 19.3 Å². The number of aliphatic hydroxyl groups is 1. The lowest BCUT2D eigenvalue weighted by atomic mass is 10.1. The van der Waals surface area contributed by atoms with Crippen molar-refractivity contribution in [3.63, 3.8) is 0 Å². The number of aliphatic hydroxyl groups excluding tert-OH is 1. The first kappa shape index (κ1) is 30.8. The SMILES string of the molecule is CC.CO.COCCOC1C(OP(C)(=O)O)C(C2CC2[P+](=O)O)OC1n1cc(C)c(=O)[nH]c1=O. The van der Waals surface area contributed by atoms with Crippen LogP contribution in [0.4, 0.5) is 0 Å². The van der Waals surface area contributed by atoms with E-state index in [1.54, 1.807) is 0 Å². The number of aromatic amines is 1. The molecule has 13 nitrogen and oxygen atoms in total. The molecule has 1 aliphatic heterocycles. The van der Waals surface area contributed by atoms with Gasteiger partial charge in [-0.3, -0.25) is 23.4 Å². The van der Waals surface area contributed by atoms with E-state index < -0.39 is 63.0 Å². The predicted molar refractivity (Wildman–Crippen MR) is 123 cm³/mol. The zero-order valence-electron chi connectivity index (χ0n) is 20.1. The molecule has 4 N–H and O–H groups in total. The van der Waals surface area contributed by atoms with Crippen LogP contribution in [-0.4, -0.2) is 82.5 Å². The summed E-state index contributed by atoms with van der Waals surface area (Å²) in [6.07, 6.45) is -2.38. The summed E-state index contributed by atoms with van der Waals surface area (Å²) in [5, 5.41) is 7.00. The van der Waals surface area contributed by atoms with Crippen LogP contribution in [0.5, 0.6) is 0 Å². The van der Waals surface area contributed by atoms with Crippen molar-refractivity contribution < 1.29 is 42.8 Å². The lowest BCUT2D eigenvalue weighted by Crippen LogP contribution is -2.41. The summed E-state index contributed by atoms with van der Waals surface area (Å²) in [4.78, 5) is 45.6. The summed E-state index contributed by atoms with van der Waals surface area (Å²) in [6, 6.07) is 0. The Hall–Kier alpha value is -1.27. The highest BCUT2D eigenvalue weighted by Gasteiger charge is 2.64. The second-order valence-electron chi connectivity index (χ2n) is 7.44. The van der Waals surface area contributed by atoms with Crippen molar-refractivity contribution in [3.05, 3.63) is 32.6 Å². The molecule has 0 aromatic carbocycles. The van der Waals surface area contributed by atoms with Crippen LogP contribution in [-0.2, 0) is 27.9 Å². The van der Waals surface area contributed by atoms with Crippen LogP contribution >= 0.6 is 15.6 Å². The third-order valence-corrected chi connectivity index (χ3v) is 6.87. The third-order valence-electron chi connectivity index (χ3n) is 5.07. The second kappa shape index (κ2) is 13.7. The molecule has 0 amide bonds. The molecule has 1 aromatic rings. The lowest BCUT2D eigenvalue weighted by molar-refractivity contribution is -0.0794. The number of hydrogen-bond donors (Lipinski definition) is 4. The summed E-state index contributed by atoms with van der Waals surface area (Å²) >= 11 is 0. The summed E-state index contributed by atoms with van der Waals surface area (Å²) in [5.41, 5.74) is -1.60. The maximum Gasteiger partial charge on any atom is 0.509 e. The Kier molecular flexibility index (Phi) is 12.4. The first-order chi connectivity index (χ1) is 16.0. The Balaban J connectivity index is 0.00000137. The van der Waals surface area contributed by atoms with E-state index in [1.165, 1.54) is 20.2 Å². The highest BCUT2D eigenvalue weighted by molar-refractivity contribution is 7.51. The topological polar surface area (TPSA) is 187 Å². The number of aryl methyl sites for hydroxylation is 1. The van der Waals surface area contributed by atoms with Crippen molar-refractivity contribution in [2.24, 2.45) is 5.92 Å². The largest absolute Gasteiger partial charge is 0.509 e. The molecule has 3 rings (SSSR count). The van der Waals surface area contributed by atoms with Crippen LogP contribution in [0.15, 0.2) is 15.8 Å². The molecule has 0 radical (unpaired) electrons. The van der Waals surface area contributed by atoms with E-state index in [0.717, 1.165) is 18.3 Å². The first-order valence-electron chi connectivity index (χ1n) is 10.7. The zero-order valence-corrected chi connectivity index (χ0v) is 21.9. The Bertz CT molecular complexity index is 960. The fourth-order valence-electron chi connectivity index (χ4n) is 3.61. The lowest BCUT2D eigenvalue weighted by Gasteiger charge is -2.26. The molecule has 2 fully saturated rings. The van der Waals surface area contributed by atoms with Crippen LogP contribution in [0.1, 0.15) is 32.1 Å². The van der Waals surface area contributed by atoms with Gasteiger partial charge in [-0.2, -0.15) is 4.89 Å². The fourth-order valence-corrected chi connectivity index (χ4v) is 5.22. The smallest absolute Gasteiger partial charge is 0.400 e. The molecule has 8 atom stereocenters. The van der Waals surface area contributed by atoms with Crippen LogP contribution in [0.2, 0.25) is 0 Å². The van der Waals surface area contributed by atoms with E-state index in [0.29, 0.717) is 6.42 Å². The minimum absolute atomic E-state index is 0.0759. The van der Waals surface area contributed by atoms with Crippen molar-refractivity contribution in [3.8, 4) is 0 Å². The molecule has 15 heteroatoms. The van der Waals surface area contributed by atoms with E-state index in [4.69, 9.17) is 23.8 Å². The number of rotatable bonds is 9. The van der Waals surface area contributed by atoms with Gasteiger partial charge in [-0.25, -0.2) is 4.79 Å². The number of methoxy groups -OCH3 is 1. The molecule has 0 spiro atoms. The van der Waals surface area contributed by atoms with Crippen LogP contribution in [0, 0.1) is 12.8 Å². The molecular weight excluding hydrogens is 494 g/mol. The molecule has 2 heterocycles. The average molecular weight is 529 g/mol. The highest BCUT2D eigenvalue weighted by Crippen LogP contribution is 2.56. The van der Waals surface area contributed by atoms with Gasteiger partial charge >= 0.3 is 21.3 Å². The van der Waals surface area contributed by atoms with Gasteiger partial charge in [0, 0.05) is 45.0 Å². The summed E-state index contributed by atoms with van der Waals surface area (Å²) in [5.74, 6) is -0.409. The van der Waals surface area contributed by atoms with Crippen LogP contribution in [0.3, 0.4) is 0 Å². The maximum atomic E-state index is 12.4. The zero-order chi connectivity index (χ0) is 26.2. The average Bonchev–Trinajstić information content (AvgIpc) is 3.51. The Morgan fingerprint density at radius 1 is 1.26 bits per heavy atom. The number of nitrogens with zero attached hydrogens (tertiary/aromatic N) is 1. The van der Waals surface area contributed by atoms with Gasteiger partial charge in [-0.1, -0.05) is 13.8 Å². The van der Waals surface area contributed by atoms with Gasteiger partial charge in [0.15, 0.2) is 11.9 Å². The fraction of sp³-hybridized carbons (Fsp3) is 0.789. The van der Waals surface area contributed by atoms with Crippen molar-refractivity contribution in [2.45, 2.75) is 57.4 Å². The summed E-state index contributed by atoms with van der Waals surface area (Å²) in [7, 11) is -3.99. The summed E-state index contributed by atoms with van der Waals surface area (Å²) in [6.45, 7) is 6.80. The molecular formula is C19H35N2O11P2+. The minimum Gasteiger partial charge on any atom is -0.400 e. The normalized spacial score (nSPS) is 29.7. The van der Waals surface area contributed by atoms with Gasteiger partial charge in [-0.15, -0.1) is 0 Å². The molecule has 1 aromatic heterocycles. The van der Waals surface area contributed by atoms with E-state index in [2.05, 4.69) is 4.98 Å². The molecule has 0 bridgehead atoms.